The molecule has 2 N–H and O–H groups in total. The zero-order valence-electron chi connectivity index (χ0n) is 12.7. The lowest BCUT2D eigenvalue weighted by atomic mass is 10.1. The summed E-state index contributed by atoms with van der Waals surface area (Å²) in [6.45, 7) is 10.7. The number of hydrogen-bond donors (Lipinski definition) is 1. The molecular formula is C16H27N3. The standard InChI is InChI=1S/C16H27N3/c1-12-9-18(4)11-16(8-17)19(10-12)15-6-5-13(2)14(3)7-15/h5-7,12,16H,8-11,17H2,1-4H3. The van der Waals surface area contributed by atoms with Crippen LogP contribution in [0, 0.1) is 19.8 Å². The van der Waals surface area contributed by atoms with Crippen molar-refractivity contribution in [1.82, 2.24) is 4.90 Å². The van der Waals surface area contributed by atoms with E-state index in [1.54, 1.807) is 0 Å². The summed E-state index contributed by atoms with van der Waals surface area (Å²) in [7, 11) is 2.20. The number of anilines is 1. The van der Waals surface area contributed by atoms with Gasteiger partial charge in [0.25, 0.3) is 0 Å². The summed E-state index contributed by atoms with van der Waals surface area (Å²) >= 11 is 0. The van der Waals surface area contributed by atoms with Crippen molar-refractivity contribution >= 4 is 5.69 Å². The van der Waals surface area contributed by atoms with Crippen molar-refractivity contribution in [2.24, 2.45) is 11.7 Å². The highest BCUT2D eigenvalue weighted by Gasteiger charge is 2.25. The SMILES string of the molecule is Cc1ccc(N2CC(C)CN(C)CC2CN)cc1C. The second-order valence-corrected chi connectivity index (χ2v) is 6.14. The molecule has 0 radical (unpaired) electrons. The maximum absolute atomic E-state index is 6.01. The number of nitrogens with two attached hydrogens (primary N) is 1. The van der Waals surface area contributed by atoms with E-state index >= 15 is 0 Å². The third kappa shape index (κ3) is 3.28. The molecule has 2 atom stereocenters. The summed E-state index contributed by atoms with van der Waals surface area (Å²) in [4.78, 5) is 4.91. The van der Waals surface area contributed by atoms with Crippen LogP contribution in [0.1, 0.15) is 18.1 Å². The van der Waals surface area contributed by atoms with E-state index in [1.165, 1.54) is 16.8 Å². The van der Waals surface area contributed by atoms with Crippen molar-refractivity contribution in [1.29, 1.82) is 0 Å². The lowest BCUT2D eigenvalue weighted by molar-refractivity contribution is 0.304. The molecule has 1 heterocycles. The summed E-state index contributed by atoms with van der Waals surface area (Å²) < 4.78 is 0. The van der Waals surface area contributed by atoms with Gasteiger partial charge in [0.2, 0.25) is 0 Å². The van der Waals surface area contributed by atoms with Crippen LogP contribution in [0.3, 0.4) is 0 Å². The normalized spacial score (nSPS) is 25.4. The van der Waals surface area contributed by atoms with Crippen molar-refractivity contribution < 1.29 is 0 Å². The lowest BCUT2D eigenvalue weighted by Crippen LogP contribution is -2.45. The minimum absolute atomic E-state index is 0.414. The summed E-state index contributed by atoms with van der Waals surface area (Å²) in [6, 6.07) is 7.17. The number of nitrogens with zero attached hydrogens (tertiary/aromatic N) is 2. The summed E-state index contributed by atoms with van der Waals surface area (Å²) in [5.74, 6) is 0.670. The van der Waals surface area contributed by atoms with Gasteiger partial charge in [0.15, 0.2) is 0 Å². The molecule has 0 aromatic heterocycles. The first-order valence-electron chi connectivity index (χ1n) is 7.23. The smallest absolute Gasteiger partial charge is 0.0539 e. The van der Waals surface area contributed by atoms with Gasteiger partial charge in [0, 0.05) is 31.9 Å². The second-order valence-electron chi connectivity index (χ2n) is 6.14. The van der Waals surface area contributed by atoms with Crippen molar-refractivity contribution in [3.8, 4) is 0 Å². The Morgan fingerprint density at radius 1 is 1.16 bits per heavy atom. The molecule has 1 aliphatic heterocycles. The van der Waals surface area contributed by atoms with Crippen molar-refractivity contribution in [2.45, 2.75) is 26.8 Å². The highest BCUT2D eigenvalue weighted by atomic mass is 15.2. The molecular weight excluding hydrogens is 234 g/mol. The topological polar surface area (TPSA) is 32.5 Å². The van der Waals surface area contributed by atoms with Gasteiger partial charge in [-0.15, -0.1) is 0 Å². The van der Waals surface area contributed by atoms with Gasteiger partial charge in [0.1, 0.15) is 0 Å². The molecule has 1 aromatic rings. The Hall–Kier alpha value is -1.06. The van der Waals surface area contributed by atoms with Gasteiger partial charge < -0.3 is 15.5 Å². The van der Waals surface area contributed by atoms with Crippen LogP contribution >= 0.6 is 0 Å². The zero-order valence-corrected chi connectivity index (χ0v) is 12.7. The van der Waals surface area contributed by atoms with Crippen LogP contribution in [-0.2, 0) is 0 Å². The maximum Gasteiger partial charge on any atom is 0.0539 e. The Morgan fingerprint density at radius 2 is 1.89 bits per heavy atom. The molecule has 0 saturated carbocycles. The number of aryl methyl sites for hydroxylation is 2. The molecule has 1 fully saturated rings. The largest absolute Gasteiger partial charge is 0.366 e. The van der Waals surface area contributed by atoms with Crippen LogP contribution in [0.4, 0.5) is 5.69 Å². The first-order chi connectivity index (χ1) is 9.01. The monoisotopic (exact) mass is 261 g/mol. The van der Waals surface area contributed by atoms with Gasteiger partial charge in [-0.25, -0.2) is 0 Å². The van der Waals surface area contributed by atoms with Crippen molar-refractivity contribution in [3.63, 3.8) is 0 Å². The van der Waals surface area contributed by atoms with Crippen molar-refractivity contribution in [2.75, 3.05) is 38.1 Å². The zero-order chi connectivity index (χ0) is 14.0. The van der Waals surface area contributed by atoms with E-state index < -0.39 is 0 Å². The molecule has 106 valence electrons. The highest BCUT2D eigenvalue weighted by Crippen LogP contribution is 2.24. The van der Waals surface area contributed by atoms with E-state index in [2.05, 4.69) is 55.8 Å². The predicted molar refractivity (Wildman–Crippen MR) is 82.8 cm³/mol. The molecule has 2 unspecified atom stereocenters. The third-order valence-electron chi connectivity index (χ3n) is 4.19. The Morgan fingerprint density at radius 3 is 2.53 bits per heavy atom. The molecule has 19 heavy (non-hydrogen) atoms. The molecule has 0 bridgehead atoms. The van der Waals surface area contributed by atoms with Gasteiger partial charge in [-0.05, 0) is 50.1 Å². The van der Waals surface area contributed by atoms with Gasteiger partial charge in [-0.2, -0.15) is 0 Å². The minimum atomic E-state index is 0.414. The molecule has 1 aliphatic rings. The average molecular weight is 261 g/mol. The quantitative estimate of drug-likeness (QED) is 0.884. The Balaban J connectivity index is 2.30. The van der Waals surface area contributed by atoms with Crippen LogP contribution in [0.15, 0.2) is 18.2 Å². The van der Waals surface area contributed by atoms with E-state index in [-0.39, 0.29) is 0 Å². The van der Waals surface area contributed by atoms with E-state index in [4.69, 9.17) is 5.73 Å². The van der Waals surface area contributed by atoms with E-state index in [1.807, 2.05) is 0 Å². The lowest BCUT2D eigenvalue weighted by Gasteiger charge is -2.33. The minimum Gasteiger partial charge on any atom is -0.366 e. The van der Waals surface area contributed by atoms with Gasteiger partial charge in [-0.1, -0.05) is 13.0 Å². The molecule has 0 spiro atoms. The van der Waals surface area contributed by atoms with E-state index in [0.29, 0.717) is 18.5 Å². The first kappa shape index (κ1) is 14.4. The van der Waals surface area contributed by atoms with Gasteiger partial charge in [-0.3, -0.25) is 0 Å². The van der Waals surface area contributed by atoms with Crippen molar-refractivity contribution in [3.05, 3.63) is 29.3 Å². The van der Waals surface area contributed by atoms with Gasteiger partial charge in [0.05, 0.1) is 6.04 Å². The van der Waals surface area contributed by atoms with E-state index in [9.17, 15) is 0 Å². The van der Waals surface area contributed by atoms with Crippen LogP contribution in [0.5, 0.6) is 0 Å². The number of hydrogen-bond acceptors (Lipinski definition) is 3. The number of likely N-dealkylation sites (N-methyl/N-ethyl adjacent to an activating group) is 1. The average Bonchev–Trinajstić information content (AvgIpc) is 2.50. The molecule has 0 amide bonds. The summed E-state index contributed by atoms with van der Waals surface area (Å²) in [6.07, 6.45) is 0. The molecule has 2 rings (SSSR count). The fourth-order valence-electron chi connectivity index (χ4n) is 3.03. The summed E-state index contributed by atoms with van der Waals surface area (Å²) in [5.41, 5.74) is 10.0. The Bertz CT molecular complexity index is 430. The second kappa shape index (κ2) is 5.93. The fraction of sp³-hybridized carbons (Fsp3) is 0.625. The predicted octanol–water partition coefficient (Wildman–Crippen LogP) is 2.02. The van der Waals surface area contributed by atoms with Crippen LogP contribution in [0.25, 0.3) is 0 Å². The molecule has 1 aromatic carbocycles. The molecule has 3 heteroatoms. The number of benzene rings is 1. The fourth-order valence-corrected chi connectivity index (χ4v) is 3.03. The Labute approximate surface area is 117 Å². The molecule has 3 nitrogen and oxygen atoms in total. The Kier molecular flexibility index (Phi) is 4.48. The maximum atomic E-state index is 6.01. The summed E-state index contributed by atoms with van der Waals surface area (Å²) in [5, 5.41) is 0. The van der Waals surface area contributed by atoms with Crippen LogP contribution in [-0.4, -0.2) is 44.2 Å². The van der Waals surface area contributed by atoms with Gasteiger partial charge >= 0.3 is 0 Å². The highest BCUT2D eigenvalue weighted by molar-refractivity contribution is 5.52. The number of rotatable bonds is 2. The molecule has 1 saturated heterocycles. The van der Waals surface area contributed by atoms with Crippen LogP contribution < -0.4 is 10.6 Å². The van der Waals surface area contributed by atoms with Crippen LogP contribution in [0.2, 0.25) is 0 Å². The third-order valence-corrected chi connectivity index (χ3v) is 4.19. The molecule has 0 aliphatic carbocycles. The van der Waals surface area contributed by atoms with E-state index in [0.717, 1.165) is 19.6 Å². The first-order valence-corrected chi connectivity index (χ1v) is 7.23.